The lowest BCUT2D eigenvalue weighted by Crippen LogP contribution is -2.35. The summed E-state index contributed by atoms with van der Waals surface area (Å²) in [5.74, 6) is -0.871. The summed E-state index contributed by atoms with van der Waals surface area (Å²) >= 11 is 1.99. The minimum atomic E-state index is -0.871. The summed E-state index contributed by atoms with van der Waals surface area (Å²) in [5, 5.41) is 12.7. The van der Waals surface area contributed by atoms with Gasteiger partial charge in [-0.05, 0) is 49.6 Å². The highest BCUT2D eigenvalue weighted by molar-refractivity contribution is 8.00. The van der Waals surface area contributed by atoms with E-state index in [0.29, 0.717) is 12.1 Å². The zero-order valence-corrected chi connectivity index (χ0v) is 15.4. The van der Waals surface area contributed by atoms with Gasteiger partial charge in [0.1, 0.15) is 0 Å². The van der Waals surface area contributed by atoms with Crippen molar-refractivity contribution >= 4 is 17.7 Å². The molecule has 3 rings (SSSR count). The van der Waals surface area contributed by atoms with Gasteiger partial charge in [0.15, 0.2) is 0 Å². The highest BCUT2D eigenvalue weighted by atomic mass is 32.2. The largest absolute Gasteiger partial charge is 0.478 e. The molecular formula is C21H25NO2S. The first-order chi connectivity index (χ1) is 12.1. The maximum absolute atomic E-state index is 11.1. The third kappa shape index (κ3) is 4.86. The van der Waals surface area contributed by atoms with E-state index in [1.165, 1.54) is 36.1 Å². The monoisotopic (exact) mass is 355 g/mol. The Bertz CT molecular complexity index is 721. The van der Waals surface area contributed by atoms with Crippen LogP contribution in [0.3, 0.4) is 0 Å². The molecular weight excluding hydrogens is 330 g/mol. The van der Waals surface area contributed by atoms with Crippen LogP contribution in [0.2, 0.25) is 0 Å². The van der Waals surface area contributed by atoms with Crippen LogP contribution >= 0.6 is 11.8 Å². The van der Waals surface area contributed by atoms with Crippen LogP contribution in [0.1, 0.15) is 47.2 Å². The molecule has 0 spiro atoms. The van der Waals surface area contributed by atoms with Gasteiger partial charge in [-0.25, -0.2) is 4.79 Å². The van der Waals surface area contributed by atoms with Crippen LogP contribution in [0, 0.1) is 6.92 Å². The molecule has 2 N–H and O–H groups in total. The lowest BCUT2D eigenvalue weighted by molar-refractivity contribution is 0.0696. The number of nitrogens with one attached hydrogen (secondary N) is 1. The van der Waals surface area contributed by atoms with Crippen molar-refractivity contribution in [3.63, 3.8) is 0 Å². The third-order valence-corrected chi connectivity index (χ3v) is 6.31. The summed E-state index contributed by atoms with van der Waals surface area (Å²) in [6.45, 7) is 3.77. The standard InChI is InChI=1S/C21H25NO2S/c1-16-7-9-19(10-8-16)25-21(11-2-3-12-21)15-22-14-17-5-4-6-18(13-17)20(23)24/h4-10,13,22H,2-3,11-12,14-15H2,1H3,(H,23,24). The number of aromatic carboxylic acids is 1. The van der Waals surface area contributed by atoms with Crippen molar-refractivity contribution in [2.45, 2.75) is 48.8 Å². The van der Waals surface area contributed by atoms with E-state index in [-0.39, 0.29) is 4.75 Å². The molecule has 3 nitrogen and oxygen atoms in total. The van der Waals surface area contributed by atoms with Crippen LogP contribution < -0.4 is 5.32 Å². The lowest BCUT2D eigenvalue weighted by Gasteiger charge is -2.29. The van der Waals surface area contributed by atoms with Crippen molar-refractivity contribution in [2.24, 2.45) is 0 Å². The molecule has 2 aromatic carbocycles. The van der Waals surface area contributed by atoms with Gasteiger partial charge >= 0.3 is 5.97 Å². The van der Waals surface area contributed by atoms with Crippen LogP contribution in [0.4, 0.5) is 0 Å². The van der Waals surface area contributed by atoms with Gasteiger partial charge in [-0.15, -0.1) is 11.8 Å². The van der Waals surface area contributed by atoms with Gasteiger partial charge < -0.3 is 10.4 Å². The topological polar surface area (TPSA) is 49.3 Å². The van der Waals surface area contributed by atoms with E-state index in [0.717, 1.165) is 12.1 Å². The second-order valence-corrected chi connectivity index (χ2v) is 8.46. The van der Waals surface area contributed by atoms with Gasteiger partial charge in [-0.3, -0.25) is 0 Å². The second kappa shape index (κ2) is 8.07. The Kier molecular flexibility index (Phi) is 5.82. The fourth-order valence-corrected chi connectivity index (χ4v) is 4.88. The summed E-state index contributed by atoms with van der Waals surface area (Å²) < 4.78 is 0.250. The number of benzene rings is 2. The molecule has 0 bridgehead atoms. The first-order valence-corrected chi connectivity index (χ1v) is 9.67. The predicted octanol–water partition coefficient (Wildman–Crippen LogP) is 4.89. The van der Waals surface area contributed by atoms with Gasteiger partial charge in [-0.2, -0.15) is 0 Å². The molecule has 1 aliphatic rings. The van der Waals surface area contributed by atoms with Crippen LogP contribution in [0.25, 0.3) is 0 Å². The Morgan fingerprint density at radius 2 is 1.88 bits per heavy atom. The summed E-state index contributed by atoms with van der Waals surface area (Å²) in [7, 11) is 0. The van der Waals surface area contributed by atoms with Gasteiger partial charge in [0, 0.05) is 22.7 Å². The maximum Gasteiger partial charge on any atom is 0.335 e. The smallest absolute Gasteiger partial charge is 0.335 e. The number of rotatable bonds is 7. The minimum Gasteiger partial charge on any atom is -0.478 e. The predicted molar refractivity (Wildman–Crippen MR) is 103 cm³/mol. The van der Waals surface area contributed by atoms with Gasteiger partial charge in [0.2, 0.25) is 0 Å². The second-order valence-electron chi connectivity index (χ2n) is 6.91. The molecule has 0 heterocycles. The van der Waals surface area contributed by atoms with Crippen molar-refractivity contribution in [1.29, 1.82) is 0 Å². The van der Waals surface area contributed by atoms with Crippen LogP contribution in [-0.2, 0) is 6.54 Å². The Balaban J connectivity index is 1.61. The molecule has 25 heavy (non-hydrogen) atoms. The van der Waals surface area contributed by atoms with E-state index in [1.807, 2.05) is 23.9 Å². The Morgan fingerprint density at radius 3 is 2.56 bits per heavy atom. The first-order valence-electron chi connectivity index (χ1n) is 8.85. The SMILES string of the molecule is Cc1ccc(SC2(CNCc3cccc(C(=O)O)c3)CCCC2)cc1. The number of carboxylic acids is 1. The van der Waals surface area contributed by atoms with E-state index in [4.69, 9.17) is 5.11 Å². The van der Waals surface area contributed by atoms with Crippen molar-refractivity contribution in [3.8, 4) is 0 Å². The summed E-state index contributed by atoms with van der Waals surface area (Å²) in [4.78, 5) is 12.4. The number of thioether (sulfide) groups is 1. The van der Waals surface area contributed by atoms with E-state index >= 15 is 0 Å². The van der Waals surface area contributed by atoms with Crippen molar-refractivity contribution in [2.75, 3.05) is 6.54 Å². The molecule has 1 aliphatic carbocycles. The number of hydrogen-bond donors (Lipinski definition) is 2. The summed E-state index contributed by atoms with van der Waals surface area (Å²) in [5.41, 5.74) is 2.67. The quantitative estimate of drug-likeness (QED) is 0.742. The average molecular weight is 356 g/mol. The molecule has 132 valence electrons. The molecule has 1 fully saturated rings. The fourth-order valence-electron chi connectivity index (χ4n) is 3.44. The van der Waals surface area contributed by atoms with Gasteiger partial charge in [0.25, 0.3) is 0 Å². The zero-order chi connectivity index (χ0) is 17.7. The highest BCUT2D eigenvalue weighted by Gasteiger charge is 2.34. The van der Waals surface area contributed by atoms with Crippen molar-refractivity contribution in [1.82, 2.24) is 5.32 Å². The molecule has 1 saturated carbocycles. The van der Waals surface area contributed by atoms with E-state index in [1.54, 1.807) is 12.1 Å². The summed E-state index contributed by atoms with van der Waals surface area (Å²) in [6, 6.07) is 16.0. The average Bonchev–Trinajstić information content (AvgIpc) is 3.06. The Morgan fingerprint density at radius 1 is 1.16 bits per heavy atom. The van der Waals surface area contributed by atoms with Crippen LogP contribution in [0.15, 0.2) is 53.4 Å². The molecule has 2 aromatic rings. The highest BCUT2D eigenvalue weighted by Crippen LogP contribution is 2.44. The lowest BCUT2D eigenvalue weighted by atomic mass is 10.1. The molecule has 0 saturated heterocycles. The molecule has 0 radical (unpaired) electrons. The Hall–Kier alpha value is -1.78. The first kappa shape index (κ1) is 18.0. The van der Waals surface area contributed by atoms with Crippen molar-refractivity contribution in [3.05, 3.63) is 65.2 Å². The molecule has 0 aliphatic heterocycles. The molecule has 0 aromatic heterocycles. The molecule has 0 atom stereocenters. The zero-order valence-electron chi connectivity index (χ0n) is 14.6. The van der Waals surface area contributed by atoms with Gasteiger partial charge in [0.05, 0.1) is 5.56 Å². The number of carboxylic acid groups (broad SMARTS) is 1. The minimum absolute atomic E-state index is 0.250. The molecule has 4 heteroatoms. The van der Waals surface area contributed by atoms with E-state index in [2.05, 4.69) is 36.5 Å². The van der Waals surface area contributed by atoms with E-state index < -0.39 is 5.97 Å². The van der Waals surface area contributed by atoms with Crippen LogP contribution in [0.5, 0.6) is 0 Å². The number of aryl methyl sites for hydroxylation is 1. The number of hydrogen-bond acceptors (Lipinski definition) is 3. The fraction of sp³-hybridized carbons (Fsp3) is 0.381. The van der Waals surface area contributed by atoms with Gasteiger partial charge in [-0.1, -0.05) is 42.7 Å². The van der Waals surface area contributed by atoms with Crippen LogP contribution in [-0.4, -0.2) is 22.4 Å². The summed E-state index contributed by atoms with van der Waals surface area (Å²) in [6.07, 6.45) is 5.03. The molecule has 0 amide bonds. The van der Waals surface area contributed by atoms with E-state index in [9.17, 15) is 4.79 Å². The normalized spacial score (nSPS) is 16.0. The van der Waals surface area contributed by atoms with Crippen molar-refractivity contribution < 1.29 is 9.90 Å². The molecule has 0 unspecified atom stereocenters. The number of carbonyl (C=O) groups is 1. The maximum atomic E-state index is 11.1. The Labute approximate surface area is 153 Å². The third-order valence-electron chi connectivity index (χ3n) is 4.82.